The van der Waals surface area contributed by atoms with Crippen LogP contribution in [0.5, 0.6) is 11.5 Å². The van der Waals surface area contributed by atoms with Gasteiger partial charge in [0.25, 0.3) is 0 Å². The summed E-state index contributed by atoms with van der Waals surface area (Å²) in [5, 5.41) is 6.67. The first-order valence-corrected chi connectivity index (χ1v) is 9.13. The first kappa shape index (κ1) is 20.6. The summed E-state index contributed by atoms with van der Waals surface area (Å²) in [5.74, 6) is 2.96. The van der Waals surface area contributed by atoms with Gasteiger partial charge in [-0.15, -0.1) is 0 Å². The molecule has 0 saturated heterocycles. The van der Waals surface area contributed by atoms with Crippen molar-refractivity contribution in [3.05, 3.63) is 42.4 Å². The molecule has 0 amide bonds. The van der Waals surface area contributed by atoms with E-state index in [1.54, 1.807) is 27.5 Å². The molecule has 2 rings (SSSR count). The lowest BCUT2D eigenvalue weighted by atomic mass is 10.2. The van der Waals surface area contributed by atoms with Crippen LogP contribution in [0.4, 0.5) is 5.69 Å². The number of hydrogen-bond donors (Lipinski definition) is 2. The van der Waals surface area contributed by atoms with Crippen molar-refractivity contribution in [2.45, 2.75) is 19.9 Å². The molecular formula is C20H30N4O3. The van der Waals surface area contributed by atoms with Gasteiger partial charge in [0.05, 0.1) is 26.5 Å². The van der Waals surface area contributed by atoms with E-state index in [0.29, 0.717) is 24.0 Å². The number of nitrogens with one attached hydrogen (secondary N) is 2. The smallest absolute Gasteiger partial charge is 0.195 e. The van der Waals surface area contributed by atoms with E-state index in [9.17, 15) is 0 Å². The Morgan fingerprint density at radius 2 is 1.89 bits per heavy atom. The van der Waals surface area contributed by atoms with Gasteiger partial charge in [-0.25, -0.2) is 0 Å². The van der Waals surface area contributed by atoms with Crippen molar-refractivity contribution in [1.29, 1.82) is 0 Å². The predicted octanol–water partition coefficient (Wildman–Crippen LogP) is 3.37. The maximum atomic E-state index is 5.65. The van der Waals surface area contributed by atoms with Crippen molar-refractivity contribution in [1.82, 2.24) is 10.2 Å². The second-order valence-corrected chi connectivity index (χ2v) is 5.90. The molecule has 2 aromatic rings. The Labute approximate surface area is 161 Å². The van der Waals surface area contributed by atoms with Crippen LogP contribution in [0.3, 0.4) is 0 Å². The molecule has 1 aromatic carbocycles. The molecule has 1 atom stereocenters. The number of hydrogen-bond acceptors (Lipinski definition) is 5. The fourth-order valence-electron chi connectivity index (χ4n) is 2.98. The van der Waals surface area contributed by atoms with Gasteiger partial charge in [0.2, 0.25) is 0 Å². The molecule has 148 valence electrons. The third kappa shape index (κ3) is 5.40. The highest BCUT2D eigenvalue weighted by molar-refractivity contribution is 5.93. The molecule has 7 nitrogen and oxygen atoms in total. The van der Waals surface area contributed by atoms with Crippen LogP contribution in [0, 0.1) is 0 Å². The summed E-state index contributed by atoms with van der Waals surface area (Å²) in [6.07, 6.45) is 1.71. The lowest BCUT2D eigenvalue weighted by Crippen LogP contribution is -2.40. The minimum Gasteiger partial charge on any atom is -0.493 e. The summed E-state index contributed by atoms with van der Waals surface area (Å²) in [6.45, 7) is 6.84. The highest BCUT2D eigenvalue weighted by atomic mass is 16.5. The molecule has 0 saturated carbocycles. The van der Waals surface area contributed by atoms with Gasteiger partial charge >= 0.3 is 0 Å². The number of furan rings is 1. The van der Waals surface area contributed by atoms with Gasteiger partial charge in [-0.2, -0.15) is 0 Å². The van der Waals surface area contributed by atoms with E-state index in [1.165, 1.54) is 0 Å². The fourth-order valence-corrected chi connectivity index (χ4v) is 2.98. The number of aliphatic imine (C=N–C) groups is 1. The van der Waals surface area contributed by atoms with Crippen molar-refractivity contribution in [2.75, 3.05) is 46.2 Å². The van der Waals surface area contributed by atoms with Crippen LogP contribution in [0.15, 0.2) is 46.0 Å². The number of methoxy groups -OCH3 is 2. The second-order valence-electron chi connectivity index (χ2n) is 5.90. The predicted molar refractivity (Wildman–Crippen MR) is 109 cm³/mol. The normalized spacial score (nSPS) is 12.7. The second kappa shape index (κ2) is 10.5. The summed E-state index contributed by atoms with van der Waals surface area (Å²) in [7, 11) is 4.98. The minimum absolute atomic E-state index is 0.124. The third-order valence-electron chi connectivity index (χ3n) is 4.46. The number of guanidine groups is 1. The Kier molecular flexibility index (Phi) is 8.00. The van der Waals surface area contributed by atoms with Gasteiger partial charge in [0.15, 0.2) is 17.5 Å². The molecule has 1 heterocycles. The standard InChI is InChI=1S/C20H30N4O3/c1-6-24(7-2)16(17-9-8-12-27-17)14-22-20(21-3)23-15-10-11-18(25-4)19(13-15)26-5/h8-13,16H,6-7,14H2,1-5H3,(H2,21,22,23). The van der Waals surface area contributed by atoms with Crippen molar-refractivity contribution < 1.29 is 13.9 Å². The molecule has 0 bridgehead atoms. The minimum atomic E-state index is 0.124. The zero-order valence-corrected chi connectivity index (χ0v) is 16.8. The number of benzene rings is 1. The zero-order valence-electron chi connectivity index (χ0n) is 16.8. The van der Waals surface area contributed by atoms with Gasteiger partial charge in [-0.3, -0.25) is 9.89 Å². The van der Waals surface area contributed by atoms with Crippen molar-refractivity contribution in [3.63, 3.8) is 0 Å². The van der Waals surface area contributed by atoms with Gasteiger partial charge in [-0.05, 0) is 37.4 Å². The fraction of sp³-hybridized carbons (Fsp3) is 0.450. The van der Waals surface area contributed by atoms with Crippen LogP contribution < -0.4 is 20.1 Å². The highest BCUT2D eigenvalue weighted by Gasteiger charge is 2.21. The van der Waals surface area contributed by atoms with Gasteiger partial charge < -0.3 is 24.5 Å². The van der Waals surface area contributed by atoms with Crippen LogP contribution in [-0.4, -0.2) is 51.8 Å². The summed E-state index contributed by atoms with van der Waals surface area (Å²) < 4.78 is 16.3. The first-order chi connectivity index (χ1) is 13.2. The van der Waals surface area contributed by atoms with E-state index < -0.39 is 0 Å². The molecule has 0 aliphatic rings. The number of nitrogens with zero attached hydrogens (tertiary/aromatic N) is 2. The van der Waals surface area contributed by atoms with E-state index in [4.69, 9.17) is 13.9 Å². The van der Waals surface area contributed by atoms with Crippen LogP contribution >= 0.6 is 0 Å². The molecule has 1 aromatic heterocycles. The molecule has 7 heteroatoms. The molecule has 1 unspecified atom stereocenters. The maximum Gasteiger partial charge on any atom is 0.195 e. The Bertz CT molecular complexity index is 712. The first-order valence-electron chi connectivity index (χ1n) is 9.13. The van der Waals surface area contributed by atoms with Crippen molar-refractivity contribution in [2.24, 2.45) is 4.99 Å². The SMILES string of the molecule is CCN(CC)C(CNC(=NC)Nc1ccc(OC)c(OC)c1)c1ccco1. The lowest BCUT2D eigenvalue weighted by molar-refractivity contribution is 0.193. The molecule has 0 radical (unpaired) electrons. The monoisotopic (exact) mass is 374 g/mol. The number of likely N-dealkylation sites (N-methyl/N-ethyl adjacent to an activating group) is 1. The maximum absolute atomic E-state index is 5.65. The molecule has 0 aliphatic heterocycles. The lowest BCUT2D eigenvalue weighted by Gasteiger charge is -2.28. The van der Waals surface area contributed by atoms with Gasteiger partial charge in [-0.1, -0.05) is 13.8 Å². The Balaban J connectivity index is 2.07. The topological polar surface area (TPSA) is 71.3 Å². The molecule has 0 aliphatic carbocycles. The number of rotatable bonds is 9. The summed E-state index contributed by atoms with van der Waals surface area (Å²) >= 11 is 0. The van der Waals surface area contributed by atoms with E-state index in [2.05, 4.69) is 34.4 Å². The number of anilines is 1. The van der Waals surface area contributed by atoms with E-state index >= 15 is 0 Å². The molecular weight excluding hydrogens is 344 g/mol. The average Bonchev–Trinajstić information content (AvgIpc) is 3.24. The molecule has 27 heavy (non-hydrogen) atoms. The van der Waals surface area contributed by atoms with E-state index in [-0.39, 0.29) is 6.04 Å². The summed E-state index contributed by atoms with van der Waals surface area (Å²) in [6, 6.07) is 9.70. The number of ether oxygens (including phenoxy) is 2. The third-order valence-corrected chi connectivity index (χ3v) is 4.46. The highest BCUT2D eigenvalue weighted by Crippen LogP contribution is 2.29. The summed E-state index contributed by atoms with van der Waals surface area (Å²) in [5.41, 5.74) is 0.859. The van der Waals surface area contributed by atoms with Crippen molar-refractivity contribution >= 4 is 11.6 Å². The van der Waals surface area contributed by atoms with Crippen molar-refractivity contribution in [3.8, 4) is 11.5 Å². The largest absolute Gasteiger partial charge is 0.493 e. The molecule has 2 N–H and O–H groups in total. The van der Waals surface area contributed by atoms with E-state index in [0.717, 1.165) is 24.5 Å². The Morgan fingerprint density at radius 1 is 1.15 bits per heavy atom. The molecule has 0 spiro atoms. The van der Waals surface area contributed by atoms with E-state index in [1.807, 2.05) is 30.3 Å². The average molecular weight is 374 g/mol. The zero-order chi connectivity index (χ0) is 19.6. The molecule has 0 fully saturated rings. The van der Waals surface area contributed by atoms with Gasteiger partial charge in [0, 0.05) is 25.3 Å². The van der Waals surface area contributed by atoms with Crippen LogP contribution in [-0.2, 0) is 0 Å². The Morgan fingerprint density at radius 3 is 2.44 bits per heavy atom. The van der Waals surface area contributed by atoms with Crippen LogP contribution in [0.25, 0.3) is 0 Å². The van der Waals surface area contributed by atoms with Crippen LogP contribution in [0.1, 0.15) is 25.6 Å². The summed E-state index contributed by atoms with van der Waals surface area (Å²) in [4.78, 5) is 6.66. The quantitative estimate of drug-likeness (QED) is 0.518. The van der Waals surface area contributed by atoms with Crippen LogP contribution in [0.2, 0.25) is 0 Å². The van der Waals surface area contributed by atoms with Gasteiger partial charge in [0.1, 0.15) is 5.76 Å². The Hall–Kier alpha value is -2.67.